The Kier molecular flexibility index (Phi) is 5.09. The minimum atomic E-state index is 0.0717. The molecule has 0 spiro atoms. The van der Waals surface area contributed by atoms with Gasteiger partial charge in [0.25, 0.3) is 0 Å². The van der Waals surface area contributed by atoms with Crippen LogP contribution >= 0.6 is 0 Å². The zero-order valence-corrected chi connectivity index (χ0v) is 8.22. The van der Waals surface area contributed by atoms with Crippen molar-refractivity contribution in [3.05, 3.63) is 34.2 Å². The molecule has 1 N–H and O–H groups in total. The zero-order chi connectivity index (χ0) is 9.56. The van der Waals surface area contributed by atoms with Gasteiger partial charge < -0.3 is 4.98 Å². The molecule has 0 amide bonds. The van der Waals surface area contributed by atoms with Gasteiger partial charge in [-0.1, -0.05) is 27.7 Å². The monoisotopic (exact) mass is 167 g/mol. The molecule has 0 fully saturated rings. The molecule has 1 aromatic heterocycles. The first-order valence-corrected chi connectivity index (χ1v) is 4.39. The molecule has 2 nitrogen and oxygen atoms in total. The van der Waals surface area contributed by atoms with Gasteiger partial charge in [-0.15, -0.1) is 0 Å². The molecular weight excluding hydrogens is 150 g/mol. The zero-order valence-electron chi connectivity index (χ0n) is 8.22. The smallest absolute Gasteiger partial charge is 0.181 e. The van der Waals surface area contributed by atoms with Crippen LogP contribution in [-0.2, 0) is 0 Å². The Balaban J connectivity index is 0.000000561. The lowest BCUT2D eigenvalue weighted by atomic mass is 10.1. The van der Waals surface area contributed by atoms with Crippen molar-refractivity contribution >= 4 is 0 Å². The second-order valence-electron chi connectivity index (χ2n) is 2.63. The normalized spacial score (nSPS) is 9.08. The molecule has 0 saturated heterocycles. The molecule has 0 bridgehead atoms. The van der Waals surface area contributed by atoms with E-state index in [2.05, 4.69) is 4.98 Å². The summed E-state index contributed by atoms with van der Waals surface area (Å²) in [5.74, 6) is 0.397. The summed E-state index contributed by atoms with van der Waals surface area (Å²) >= 11 is 0. The highest BCUT2D eigenvalue weighted by Gasteiger charge is 1.96. The molecule has 0 radical (unpaired) electrons. The van der Waals surface area contributed by atoms with Crippen molar-refractivity contribution in [2.45, 2.75) is 33.6 Å². The lowest BCUT2D eigenvalue weighted by molar-refractivity contribution is 0.820. The van der Waals surface area contributed by atoms with Crippen LogP contribution in [0.1, 0.15) is 39.3 Å². The molecule has 0 atom stereocenters. The van der Waals surface area contributed by atoms with Crippen molar-refractivity contribution in [3.63, 3.8) is 0 Å². The van der Waals surface area contributed by atoms with Gasteiger partial charge >= 0.3 is 0 Å². The van der Waals surface area contributed by atoms with Crippen molar-refractivity contribution in [2.24, 2.45) is 0 Å². The number of nitrogens with one attached hydrogen (secondary N) is 1. The average Bonchev–Trinajstić information content (AvgIpc) is 2.08. The molecule has 1 aromatic rings. The van der Waals surface area contributed by atoms with Gasteiger partial charge in [-0.2, -0.15) is 0 Å². The number of aromatic amines is 1. The summed E-state index contributed by atoms with van der Waals surface area (Å²) in [5.41, 5.74) is 1.06. The van der Waals surface area contributed by atoms with Gasteiger partial charge in [0.2, 0.25) is 0 Å². The van der Waals surface area contributed by atoms with E-state index in [0.29, 0.717) is 5.92 Å². The van der Waals surface area contributed by atoms with Gasteiger partial charge in [-0.25, -0.2) is 0 Å². The minimum Gasteiger partial charge on any atom is -0.365 e. The maximum Gasteiger partial charge on any atom is 0.181 e. The van der Waals surface area contributed by atoms with E-state index in [-0.39, 0.29) is 5.43 Å². The quantitative estimate of drug-likeness (QED) is 0.685. The van der Waals surface area contributed by atoms with Crippen molar-refractivity contribution in [3.8, 4) is 0 Å². The third-order valence-electron chi connectivity index (χ3n) is 1.42. The molecule has 12 heavy (non-hydrogen) atoms. The van der Waals surface area contributed by atoms with Crippen LogP contribution in [0.2, 0.25) is 0 Å². The highest BCUT2D eigenvalue weighted by Crippen LogP contribution is 2.06. The van der Waals surface area contributed by atoms with Crippen LogP contribution in [0.4, 0.5) is 0 Å². The van der Waals surface area contributed by atoms with E-state index in [4.69, 9.17) is 0 Å². The number of H-pyrrole nitrogens is 1. The van der Waals surface area contributed by atoms with E-state index in [1.54, 1.807) is 12.3 Å². The summed E-state index contributed by atoms with van der Waals surface area (Å²) in [6, 6.07) is 3.15. The third kappa shape index (κ3) is 3.37. The van der Waals surface area contributed by atoms with Gasteiger partial charge in [0.05, 0.1) is 0 Å². The second-order valence-corrected chi connectivity index (χ2v) is 2.63. The molecule has 0 aromatic carbocycles. The lowest BCUT2D eigenvalue weighted by Gasteiger charge is -2.01. The Labute approximate surface area is 73.6 Å². The maximum absolute atomic E-state index is 10.8. The predicted molar refractivity (Wildman–Crippen MR) is 52.5 cm³/mol. The van der Waals surface area contributed by atoms with Gasteiger partial charge in [-0.3, -0.25) is 4.79 Å². The topological polar surface area (TPSA) is 32.9 Å². The molecule has 0 saturated carbocycles. The van der Waals surface area contributed by atoms with E-state index >= 15 is 0 Å². The van der Waals surface area contributed by atoms with Gasteiger partial charge in [0.15, 0.2) is 5.43 Å². The molecule has 0 aliphatic heterocycles. The summed E-state index contributed by atoms with van der Waals surface area (Å²) in [6.45, 7) is 8.09. The third-order valence-corrected chi connectivity index (χ3v) is 1.42. The molecule has 68 valence electrons. The lowest BCUT2D eigenvalue weighted by Crippen LogP contribution is -2.01. The van der Waals surface area contributed by atoms with E-state index in [9.17, 15) is 4.79 Å². The van der Waals surface area contributed by atoms with Crippen LogP contribution in [0, 0.1) is 0 Å². The van der Waals surface area contributed by atoms with E-state index < -0.39 is 0 Å². The number of rotatable bonds is 1. The van der Waals surface area contributed by atoms with Gasteiger partial charge in [0.1, 0.15) is 0 Å². The van der Waals surface area contributed by atoms with Crippen LogP contribution in [0.25, 0.3) is 0 Å². The SMILES string of the molecule is CC.CC(C)c1cc(=O)cc[nH]1. The van der Waals surface area contributed by atoms with Crippen LogP contribution in [0.15, 0.2) is 23.1 Å². The van der Waals surface area contributed by atoms with Gasteiger partial charge in [0, 0.05) is 24.0 Å². The number of hydrogen-bond acceptors (Lipinski definition) is 1. The fourth-order valence-electron chi connectivity index (χ4n) is 0.796. The fraction of sp³-hybridized carbons (Fsp3) is 0.500. The molecule has 1 heterocycles. The van der Waals surface area contributed by atoms with Crippen molar-refractivity contribution in [2.75, 3.05) is 0 Å². The van der Waals surface area contributed by atoms with E-state index in [0.717, 1.165) is 5.69 Å². The maximum atomic E-state index is 10.8. The summed E-state index contributed by atoms with van der Waals surface area (Å²) in [5, 5.41) is 0. The van der Waals surface area contributed by atoms with Crippen molar-refractivity contribution in [1.29, 1.82) is 0 Å². The summed E-state index contributed by atoms with van der Waals surface area (Å²) in [4.78, 5) is 13.8. The first kappa shape index (κ1) is 11.0. The van der Waals surface area contributed by atoms with Crippen molar-refractivity contribution < 1.29 is 0 Å². The van der Waals surface area contributed by atoms with Crippen LogP contribution < -0.4 is 5.43 Å². The highest BCUT2D eigenvalue weighted by molar-refractivity contribution is 5.07. The number of pyridine rings is 1. The summed E-state index contributed by atoms with van der Waals surface area (Å²) < 4.78 is 0. The van der Waals surface area contributed by atoms with E-state index in [1.807, 2.05) is 27.7 Å². The summed E-state index contributed by atoms with van der Waals surface area (Å²) in [7, 11) is 0. The fourth-order valence-corrected chi connectivity index (χ4v) is 0.796. The Morgan fingerprint density at radius 2 is 1.92 bits per heavy atom. The van der Waals surface area contributed by atoms with Crippen LogP contribution in [-0.4, -0.2) is 4.98 Å². The number of hydrogen-bond donors (Lipinski definition) is 1. The number of aromatic nitrogens is 1. The Bertz CT molecular complexity index is 263. The standard InChI is InChI=1S/C8H11NO.C2H6/c1-6(2)8-5-7(10)3-4-9-8;1-2/h3-6H,1-2H3,(H,9,10);1-2H3. The van der Waals surface area contributed by atoms with Crippen LogP contribution in [0.5, 0.6) is 0 Å². The highest BCUT2D eigenvalue weighted by atomic mass is 16.1. The minimum absolute atomic E-state index is 0.0717. The first-order valence-electron chi connectivity index (χ1n) is 4.39. The second kappa shape index (κ2) is 5.58. The van der Waals surface area contributed by atoms with Crippen LogP contribution in [0.3, 0.4) is 0 Å². The van der Waals surface area contributed by atoms with Crippen molar-refractivity contribution in [1.82, 2.24) is 4.98 Å². The molecule has 0 aliphatic carbocycles. The molecular formula is C10H17NO. The molecule has 0 aliphatic rings. The molecule has 2 heteroatoms. The molecule has 1 rings (SSSR count). The Hall–Kier alpha value is -1.05. The Morgan fingerprint density at radius 3 is 2.25 bits per heavy atom. The predicted octanol–water partition coefficient (Wildman–Crippen LogP) is 2.52. The first-order chi connectivity index (χ1) is 5.70. The Morgan fingerprint density at radius 1 is 1.33 bits per heavy atom. The summed E-state index contributed by atoms with van der Waals surface area (Å²) in [6.07, 6.45) is 1.68. The molecule has 0 unspecified atom stereocenters. The van der Waals surface area contributed by atoms with E-state index in [1.165, 1.54) is 6.07 Å². The largest absolute Gasteiger partial charge is 0.365 e. The average molecular weight is 167 g/mol. The van der Waals surface area contributed by atoms with Gasteiger partial charge in [-0.05, 0) is 5.92 Å².